The summed E-state index contributed by atoms with van der Waals surface area (Å²) in [5.74, 6) is -1.05. The number of nitrogens with one attached hydrogen (secondary N) is 1. The molecule has 1 aromatic carbocycles. The van der Waals surface area contributed by atoms with E-state index in [9.17, 15) is 14.4 Å². The molecule has 6 nitrogen and oxygen atoms in total. The fourth-order valence-electron chi connectivity index (χ4n) is 3.11. The van der Waals surface area contributed by atoms with Crippen LogP contribution in [-0.2, 0) is 32.7 Å². The van der Waals surface area contributed by atoms with E-state index in [2.05, 4.69) is 10.1 Å². The van der Waals surface area contributed by atoms with Gasteiger partial charge in [-0.05, 0) is 42.9 Å². The monoisotopic (exact) mass is 302 g/mol. The second-order valence-corrected chi connectivity index (χ2v) is 5.86. The van der Waals surface area contributed by atoms with Crippen molar-refractivity contribution >= 4 is 17.9 Å². The predicted molar refractivity (Wildman–Crippen MR) is 78.1 cm³/mol. The molecule has 6 heteroatoms. The molecule has 1 heterocycles. The number of carbonyl (C=O) groups excluding carboxylic acids is 3. The first-order chi connectivity index (χ1) is 10.5. The lowest BCUT2D eigenvalue weighted by atomic mass is 9.90. The molecule has 1 aliphatic carbocycles. The fourth-order valence-corrected chi connectivity index (χ4v) is 3.11. The minimum Gasteiger partial charge on any atom is -0.468 e. The number of urea groups is 1. The lowest BCUT2D eigenvalue weighted by Crippen LogP contribution is -2.41. The molecule has 3 rings (SSSR count). The van der Waals surface area contributed by atoms with Crippen LogP contribution in [0.4, 0.5) is 4.79 Å². The van der Waals surface area contributed by atoms with Gasteiger partial charge in [0.05, 0.1) is 7.11 Å². The molecule has 1 aromatic rings. The summed E-state index contributed by atoms with van der Waals surface area (Å²) in [4.78, 5) is 36.9. The summed E-state index contributed by atoms with van der Waals surface area (Å²) in [6.45, 7) is 1.29. The number of carbonyl (C=O) groups is 3. The number of rotatable bonds is 3. The molecular weight excluding hydrogens is 284 g/mol. The van der Waals surface area contributed by atoms with Gasteiger partial charge in [0.15, 0.2) is 0 Å². The van der Waals surface area contributed by atoms with Gasteiger partial charge in [-0.1, -0.05) is 18.2 Å². The van der Waals surface area contributed by atoms with Crippen molar-refractivity contribution in [1.29, 1.82) is 0 Å². The van der Waals surface area contributed by atoms with Gasteiger partial charge in [0.25, 0.3) is 5.91 Å². The van der Waals surface area contributed by atoms with Crippen molar-refractivity contribution in [1.82, 2.24) is 10.2 Å². The molecular formula is C16H18N2O4. The third kappa shape index (κ3) is 2.15. The van der Waals surface area contributed by atoms with Gasteiger partial charge >= 0.3 is 12.0 Å². The third-order valence-electron chi connectivity index (χ3n) is 4.47. The van der Waals surface area contributed by atoms with Crippen LogP contribution in [0, 0.1) is 0 Å². The van der Waals surface area contributed by atoms with Gasteiger partial charge in [0.1, 0.15) is 12.1 Å². The van der Waals surface area contributed by atoms with Gasteiger partial charge in [-0.3, -0.25) is 14.5 Å². The molecule has 1 atom stereocenters. The van der Waals surface area contributed by atoms with Crippen molar-refractivity contribution in [3.63, 3.8) is 0 Å². The number of amides is 3. The number of hydrogen-bond acceptors (Lipinski definition) is 4. The Morgan fingerprint density at radius 2 is 2.05 bits per heavy atom. The van der Waals surface area contributed by atoms with Crippen LogP contribution in [0.1, 0.15) is 30.0 Å². The Kier molecular flexibility index (Phi) is 3.39. The maximum absolute atomic E-state index is 12.6. The zero-order valence-electron chi connectivity index (χ0n) is 12.6. The lowest BCUT2D eigenvalue weighted by molar-refractivity contribution is -0.145. The Morgan fingerprint density at radius 1 is 1.32 bits per heavy atom. The van der Waals surface area contributed by atoms with Crippen molar-refractivity contribution in [2.75, 3.05) is 13.7 Å². The van der Waals surface area contributed by atoms with Crippen LogP contribution < -0.4 is 5.32 Å². The van der Waals surface area contributed by atoms with Crippen molar-refractivity contribution in [3.8, 4) is 0 Å². The van der Waals surface area contributed by atoms with Crippen molar-refractivity contribution in [2.24, 2.45) is 0 Å². The molecule has 1 N–H and O–H groups in total. The summed E-state index contributed by atoms with van der Waals surface area (Å²) in [6, 6.07) is 5.32. The number of imide groups is 1. The summed E-state index contributed by atoms with van der Waals surface area (Å²) in [6.07, 6.45) is 3.17. The van der Waals surface area contributed by atoms with E-state index < -0.39 is 23.4 Å². The highest BCUT2D eigenvalue weighted by atomic mass is 16.5. The second-order valence-electron chi connectivity index (χ2n) is 5.86. The topological polar surface area (TPSA) is 75.7 Å². The maximum atomic E-state index is 12.6. The number of ether oxygens (including phenoxy) is 1. The number of esters is 1. The minimum absolute atomic E-state index is 0.373. The van der Waals surface area contributed by atoms with E-state index in [1.807, 2.05) is 18.2 Å². The van der Waals surface area contributed by atoms with Gasteiger partial charge in [0, 0.05) is 0 Å². The second kappa shape index (κ2) is 5.12. The number of benzene rings is 1. The van der Waals surface area contributed by atoms with Crippen LogP contribution in [0.3, 0.4) is 0 Å². The quantitative estimate of drug-likeness (QED) is 0.670. The molecule has 3 amide bonds. The minimum atomic E-state index is -1.14. The predicted octanol–water partition coefficient (Wildman–Crippen LogP) is 1.12. The SMILES string of the molecule is COC(=O)CN1C(=O)N[C@](C)(c2ccc3c(c2)CCC3)C1=O. The first kappa shape index (κ1) is 14.6. The van der Waals surface area contributed by atoms with E-state index in [0.717, 1.165) is 29.7 Å². The number of hydrogen-bond donors (Lipinski definition) is 1. The number of aryl methyl sites for hydroxylation is 2. The average Bonchev–Trinajstić information content (AvgIpc) is 3.05. The fraction of sp³-hybridized carbons (Fsp3) is 0.438. The molecule has 2 aliphatic rings. The zero-order chi connectivity index (χ0) is 15.9. The van der Waals surface area contributed by atoms with Crippen LogP contribution in [0.5, 0.6) is 0 Å². The van der Waals surface area contributed by atoms with E-state index in [1.165, 1.54) is 18.2 Å². The van der Waals surface area contributed by atoms with Crippen LogP contribution in [0.2, 0.25) is 0 Å². The van der Waals surface area contributed by atoms with Gasteiger partial charge in [0.2, 0.25) is 0 Å². The summed E-state index contributed by atoms with van der Waals surface area (Å²) in [5.41, 5.74) is 2.14. The molecule has 1 aliphatic heterocycles. The standard InChI is InChI=1S/C16H18N2O4/c1-16(12-7-6-10-4-3-5-11(10)8-12)14(20)18(15(21)17-16)9-13(19)22-2/h6-8H,3-5,9H2,1-2H3,(H,17,21)/t16-/m1/s1. The molecule has 0 radical (unpaired) electrons. The average molecular weight is 302 g/mol. The first-order valence-corrected chi connectivity index (χ1v) is 7.29. The Morgan fingerprint density at radius 3 is 2.77 bits per heavy atom. The molecule has 1 fully saturated rings. The van der Waals surface area contributed by atoms with Gasteiger partial charge in [-0.2, -0.15) is 0 Å². The normalized spacial score (nSPS) is 23.5. The Labute approximate surface area is 128 Å². The first-order valence-electron chi connectivity index (χ1n) is 7.29. The molecule has 0 unspecified atom stereocenters. The van der Waals surface area contributed by atoms with E-state index >= 15 is 0 Å². The van der Waals surface area contributed by atoms with Crippen LogP contribution in [0.25, 0.3) is 0 Å². The highest BCUT2D eigenvalue weighted by molar-refractivity contribution is 6.08. The largest absolute Gasteiger partial charge is 0.468 e. The van der Waals surface area contributed by atoms with E-state index in [0.29, 0.717) is 0 Å². The Balaban J connectivity index is 1.91. The lowest BCUT2D eigenvalue weighted by Gasteiger charge is -2.23. The zero-order valence-corrected chi connectivity index (χ0v) is 12.6. The molecule has 0 spiro atoms. The number of methoxy groups -OCH3 is 1. The van der Waals surface area contributed by atoms with Crippen molar-refractivity contribution in [3.05, 3.63) is 34.9 Å². The summed E-state index contributed by atoms with van der Waals surface area (Å²) < 4.78 is 4.53. The Hall–Kier alpha value is -2.37. The molecule has 0 aromatic heterocycles. The van der Waals surface area contributed by atoms with Crippen LogP contribution >= 0.6 is 0 Å². The van der Waals surface area contributed by atoms with Crippen LogP contribution in [-0.4, -0.2) is 36.5 Å². The van der Waals surface area contributed by atoms with Crippen LogP contribution in [0.15, 0.2) is 18.2 Å². The number of nitrogens with zero attached hydrogens (tertiary/aromatic N) is 1. The highest BCUT2D eigenvalue weighted by Gasteiger charge is 2.49. The van der Waals surface area contributed by atoms with Crippen molar-refractivity contribution < 1.29 is 19.1 Å². The van der Waals surface area contributed by atoms with Gasteiger partial charge in [-0.15, -0.1) is 0 Å². The van der Waals surface area contributed by atoms with E-state index in [1.54, 1.807) is 6.92 Å². The van der Waals surface area contributed by atoms with Gasteiger partial charge < -0.3 is 10.1 Å². The molecule has 1 saturated heterocycles. The molecule has 0 saturated carbocycles. The maximum Gasteiger partial charge on any atom is 0.325 e. The summed E-state index contributed by atoms with van der Waals surface area (Å²) in [7, 11) is 1.22. The Bertz CT molecular complexity index is 670. The van der Waals surface area contributed by atoms with Crippen molar-refractivity contribution in [2.45, 2.75) is 31.7 Å². The van der Waals surface area contributed by atoms with E-state index in [-0.39, 0.29) is 6.54 Å². The third-order valence-corrected chi connectivity index (χ3v) is 4.47. The number of fused-ring (bicyclic) bond motifs is 1. The summed E-state index contributed by atoms with van der Waals surface area (Å²) >= 11 is 0. The molecule has 22 heavy (non-hydrogen) atoms. The highest BCUT2D eigenvalue weighted by Crippen LogP contribution is 2.32. The van der Waals surface area contributed by atoms with Gasteiger partial charge in [-0.25, -0.2) is 4.79 Å². The molecule has 0 bridgehead atoms. The smallest absolute Gasteiger partial charge is 0.325 e. The summed E-state index contributed by atoms with van der Waals surface area (Å²) in [5, 5.41) is 2.70. The molecule has 116 valence electrons. The van der Waals surface area contributed by atoms with E-state index in [4.69, 9.17) is 0 Å².